The Kier molecular flexibility index (Phi) is 2.99. The fourth-order valence-corrected chi connectivity index (χ4v) is 0.984. The highest BCUT2D eigenvalue weighted by Crippen LogP contribution is 2.21. The zero-order chi connectivity index (χ0) is 10.8. The van der Waals surface area contributed by atoms with Crippen molar-refractivity contribution in [1.82, 2.24) is 0 Å². The van der Waals surface area contributed by atoms with E-state index in [2.05, 4.69) is 26.1 Å². The summed E-state index contributed by atoms with van der Waals surface area (Å²) in [5.74, 6) is -0.907. The lowest BCUT2D eigenvalue weighted by molar-refractivity contribution is 0.431. The SMILES string of the molecule is CC(C)(C)CNc1ccc(O)c(F)c1. The maximum absolute atomic E-state index is 12.9. The summed E-state index contributed by atoms with van der Waals surface area (Å²) in [5.41, 5.74) is 0.837. The van der Waals surface area contributed by atoms with Crippen LogP contribution in [0.3, 0.4) is 0 Å². The van der Waals surface area contributed by atoms with Crippen molar-refractivity contribution < 1.29 is 9.50 Å². The van der Waals surface area contributed by atoms with Crippen LogP contribution in [0.15, 0.2) is 18.2 Å². The quantitative estimate of drug-likeness (QED) is 0.714. The Balaban J connectivity index is 2.65. The number of halogens is 1. The van der Waals surface area contributed by atoms with E-state index >= 15 is 0 Å². The van der Waals surface area contributed by atoms with Gasteiger partial charge in [0.15, 0.2) is 11.6 Å². The van der Waals surface area contributed by atoms with Gasteiger partial charge in [0.1, 0.15) is 0 Å². The smallest absolute Gasteiger partial charge is 0.166 e. The Labute approximate surface area is 83.8 Å². The first-order valence-corrected chi connectivity index (χ1v) is 4.61. The van der Waals surface area contributed by atoms with Gasteiger partial charge in [0.25, 0.3) is 0 Å². The van der Waals surface area contributed by atoms with Crippen molar-refractivity contribution in [2.75, 3.05) is 11.9 Å². The molecule has 0 aliphatic heterocycles. The molecule has 1 rings (SSSR count). The highest BCUT2D eigenvalue weighted by Gasteiger charge is 2.09. The lowest BCUT2D eigenvalue weighted by atomic mass is 9.97. The number of hydrogen-bond acceptors (Lipinski definition) is 2. The second kappa shape index (κ2) is 3.86. The van der Waals surface area contributed by atoms with Crippen LogP contribution in [-0.2, 0) is 0 Å². The molecule has 0 radical (unpaired) electrons. The molecule has 2 N–H and O–H groups in total. The monoisotopic (exact) mass is 197 g/mol. The number of phenols is 1. The van der Waals surface area contributed by atoms with E-state index in [0.29, 0.717) is 5.69 Å². The number of rotatable bonds is 2. The standard InChI is InChI=1S/C11H16FNO/c1-11(2,3)7-13-8-4-5-10(14)9(12)6-8/h4-6,13-14H,7H2,1-3H3. The largest absolute Gasteiger partial charge is 0.505 e. The lowest BCUT2D eigenvalue weighted by Crippen LogP contribution is -2.18. The number of benzene rings is 1. The van der Waals surface area contributed by atoms with Gasteiger partial charge in [-0.15, -0.1) is 0 Å². The zero-order valence-electron chi connectivity index (χ0n) is 8.76. The number of hydrogen-bond donors (Lipinski definition) is 2. The van der Waals surface area contributed by atoms with Gasteiger partial charge in [0, 0.05) is 18.3 Å². The fraction of sp³-hybridized carbons (Fsp3) is 0.455. The van der Waals surface area contributed by atoms with Crippen LogP contribution in [0.5, 0.6) is 5.75 Å². The number of nitrogens with one attached hydrogen (secondary N) is 1. The summed E-state index contributed by atoms with van der Waals surface area (Å²) in [6, 6.07) is 4.30. The molecule has 78 valence electrons. The predicted octanol–water partition coefficient (Wildman–Crippen LogP) is 2.99. The van der Waals surface area contributed by atoms with Crippen molar-refractivity contribution in [1.29, 1.82) is 0 Å². The van der Waals surface area contributed by atoms with Gasteiger partial charge in [-0.3, -0.25) is 0 Å². The molecule has 0 spiro atoms. The van der Waals surface area contributed by atoms with Gasteiger partial charge in [-0.2, -0.15) is 0 Å². The molecular formula is C11H16FNO. The van der Waals surface area contributed by atoms with E-state index in [1.165, 1.54) is 12.1 Å². The fourth-order valence-electron chi connectivity index (χ4n) is 0.984. The van der Waals surface area contributed by atoms with Crippen LogP contribution < -0.4 is 5.32 Å². The Hall–Kier alpha value is -1.25. The molecule has 0 saturated heterocycles. The van der Waals surface area contributed by atoms with Crippen molar-refractivity contribution in [2.45, 2.75) is 20.8 Å². The molecule has 0 saturated carbocycles. The van der Waals surface area contributed by atoms with Gasteiger partial charge in [-0.25, -0.2) is 4.39 Å². The van der Waals surface area contributed by atoms with Gasteiger partial charge in [0.2, 0.25) is 0 Å². The molecule has 0 bridgehead atoms. The maximum Gasteiger partial charge on any atom is 0.166 e. The third kappa shape index (κ3) is 3.24. The first-order valence-electron chi connectivity index (χ1n) is 4.61. The molecule has 2 nitrogen and oxygen atoms in total. The van der Waals surface area contributed by atoms with Crippen molar-refractivity contribution in [3.63, 3.8) is 0 Å². The first-order chi connectivity index (χ1) is 6.38. The van der Waals surface area contributed by atoms with E-state index in [1.807, 2.05) is 0 Å². The molecule has 0 fully saturated rings. The highest BCUT2D eigenvalue weighted by atomic mass is 19.1. The second-order valence-corrected chi connectivity index (χ2v) is 4.58. The van der Waals surface area contributed by atoms with Crippen molar-refractivity contribution in [2.24, 2.45) is 5.41 Å². The first kappa shape index (κ1) is 10.8. The molecule has 0 heterocycles. The maximum atomic E-state index is 12.9. The van der Waals surface area contributed by atoms with E-state index in [1.54, 1.807) is 6.07 Å². The minimum absolute atomic E-state index is 0.147. The molecule has 3 heteroatoms. The van der Waals surface area contributed by atoms with Gasteiger partial charge >= 0.3 is 0 Å². The van der Waals surface area contributed by atoms with E-state index in [4.69, 9.17) is 5.11 Å². The molecule has 14 heavy (non-hydrogen) atoms. The molecule has 0 unspecified atom stereocenters. The molecule has 0 amide bonds. The van der Waals surface area contributed by atoms with Crippen LogP contribution in [-0.4, -0.2) is 11.7 Å². The van der Waals surface area contributed by atoms with Gasteiger partial charge in [-0.05, 0) is 17.5 Å². The second-order valence-electron chi connectivity index (χ2n) is 4.58. The van der Waals surface area contributed by atoms with Gasteiger partial charge in [-0.1, -0.05) is 20.8 Å². The molecule has 0 aliphatic carbocycles. The molecule has 1 aromatic carbocycles. The van der Waals surface area contributed by atoms with Crippen LogP contribution >= 0.6 is 0 Å². The normalized spacial score (nSPS) is 11.4. The third-order valence-corrected chi connectivity index (χ3v) is 1.77. The number of aromatic hydroxyl groups is 1. The van der Waals surface area contributed by atoms with E-state index < -0.39 is 5.82 Å². The molecule has 1 aromatic rings. The Bertz CT molecular complexity index is 318. The van der Waals surface area contributed by atoms with E-state index in [9.17, 15) is 4.39 Å². The summed E-state index contributed by atoms with van der Waals surface area (Å²) in [4.78, 5) is 0. The minimum Gasteiger partial charge on any atom is -0.505 e. The Morgan fingerprint density at radius 2 is 2.00 bits per heavy atom. The van der Waals surface area contributed by atoms with Gasteiger partial charge in [0.05, 0.1) is 0 Å². The summed E-state index contributed by atoms with van der Waals surface area (Å²) in [7, 11) is 0. The minimum atomic E-state index is -0.594. The van der Waals surface area contributed by atoms with Crippen LogP contribution in [0.2, 0.25) is 0 Å². The number of anilines is 1. The van der Waals surface area contributed by atoms with Crippen LogP contribution in [0.25, 0.3) is 0 Å². The van der Waals surface area contributed by atoms with Crippen molar-refractivity contribution in [3.8, 4) is 5.75 Å². The summed E-state index contributed by atoms with van der Waals surface area (Å²) in [6.45, 7) is 7.04. The Morgan fingerprint density at radius 3 is 2.50 bits per heavy atom. The number of phenolic OH excluding ortho intramolecular Hbond substituents is 1. The Morgan fingerprint density at radius 1 is 1.36 bits per heavy atom. The van der Waals surface area contributed by atoms with Crippen LogP contribution in [0.1, 0.15) is 20.8 Å². The summed E-state index contributed by atoms with van der Waals surface area (Å²) in [6.07, 6.45) is 0. The average Bonchev–Trinajstić information content (AvgIpc) is 2.06. The summed E-state index contributed by atoms with van der Waals surface area (Å²) < 4.78 is 12.9. The van der Waals surface area contributed by atoms with Crippen molar-refractivity contribution in [3.05, 3.63) is 24.0 Å². The topological polar surface area (TPSA) is 32.3 Å². The predicted molar refractivity (Wildman–Crippen MR) is 56.0 cm³/mol. The zero-order valence-corrected chi connectivity index (χ0v) is 8.76. The lowest BCUT2D eigenvalue weighted by Gasteiger charge is -2.19. The van der Waals surface area contributed by atoms with Gasteiger partial charge < -0.3 is 10.4 Å². The molecule has 0 aliphatic rings. The molecular weight excluding hydrogens is 181 g/mol. The molecule has 0 aromatic heterocycles. The van der Waals surface area contributed by atoms with Crippen LogP contribution in [0.4, 0.5) is 10.1 Å². The molecule has 0 atom stereocenters. The van der Waals surface area contributed by atoms with E-state index in [0.717, 1.165) is 6.54 Å². The average molecular weight is 197 g/mol. The third-order valence-electron chi connectivity index (χ3n) is 1.77. The summed E-state index contributed by atoms with van der Waals surface area (Å²) >= 11 is 0. The van der Waals surface area contributed by atoms with Crippen molar-refractivity contribution >= 4 is 5.69 Å². The summed E-state index contributed by atoms with van der Waals surface area (Å²) in [5, 5.41) is 12.1. The van der Waals surface area contributed by atoms with Crippen LogP contribution in [0, 0.1) is 11.2 Å². The highest BCUT2D eigenvalue weighted by molar-refractivity contribution is 5.46. The van der Waals surface area contributed by atoms with E-state index in [-0.39, 0.29) is 11.2 Å².